The van der Waals surface area contributed by atoms with Crippen molar-refractivity contribution in [1.29, 1.82) is 0 Å². The molecule has 4 rings (SSSR count). The maximum Gasteiger partial charge on any atom is 0.264 e. The summed E-state index contributed by atoms with van der Waals surface area (Å²) in [5, 5.41) is 3.37. The number of carbonyl (C=O) groups excluding carboxylic acids is 2. The Morgan fingerprint density at radius 1 is 1.00 bits per heavy atom. The number of anilines is 1. The molecule has 0 bridgehead atoms. The van der Waals surface area contributed by atoms with Crippen molar-refractivity contribution < 1.29 is 22.4 Å². The average molecular weight is 586 g/mol. The minimum Gasteiger partial charge on any atom is -0.352 e. The molecule has 0 aromatic heterocycles. The van der Waals surface area contributed by atoms with Crippen LogP contribution in [-0.2, 0) is 26.2 Å². The van der Waals surface area contributed by atoms with Crippen LogP contribution in [0.5, 0.6) is 0 Å². The van der Waals surface area contributed by atoms with Gasteiger partial charge in [0.2, 0.25) is 11.8 Å². The highest BCUT2D eigenvalue weighted by Gasteiger charge is 2.34. The third kappa shape index (κ3) is 6.82. The summed E-state index contributed by atoms with van der Waals surface area (Å²) in [6, 6.07) is 17.6. The van der Waals surface area contributed by atoms with Gasteiger partial charge in [-0.2, -0.15) is 0 Å². The van der Waals surface area contributed by atoms with Crippen LogP contribution >= 0.6 is 11.6 Å². The summed E-state index contributed by atoms with van der Waals surface area (Å²) >= 11 is 5.99. The fraction of sp³-hybridized carbons (Fsp3) is 0.333. The zero-order valence-corrected chi connectivity index (χ0v) is 24.1. The summed E-state index contributed by atoms with van der Waals surface area (Å²) in [5.74, 6) is -1.52. The van der Waals surface area contributed by atoms with Crippen LogP contribution < -0.4 is 9.62 Å². The van der Waals surface area contributed by atoms with Crippen LogP contribution in [0.2, 0.25) is 5.02 Å². The highest BCUT2D eigenvalue weighted by atomic mass is 35.5. The fourth-order valence-electron chi connectivity index (χ4n) is 4.88. The Bertz CT molecular complexity index is 1460. The lowest BCUT2D eigenvalue weighted by molar-refractivity contribution is -0.139. The monoisotopic (exact) mass is 585 g/mol. The minimum atomic E-state index is -4.22. The Morgan fingerprint density at radius 2 is 1.62 bits per heavy atom. The normalized spacial score (nSPS) is 14.5. The molecule has 7 nitrogen and oxygen atoms in total. The van der Waals surface area contributed by atoms with Crippen LogP contribution in [-0.4, -0.2) is 43.8 Å². The first kappa shape index (κ1) is 29.6. The lowest BCUT2D eigenvalue weighted by Gasteiger charge is -2.33. The van der Waals surface area contributed by atoms with Gasteiger partial charge in [-0.15, -0.1) is 0 Å². The number of nitrogens with one attached hydrogen (secondary N) is 1. The summed E-state index contributed by atoms with van der Waals surface area (Å²) in [6.07, 6.45) is 3.76. The van der Waals surface area contributed by atoms with E-state index in [2.05, 4.69) is 5.32 Å². The highest BCUT2D eigenvalue weighted by Crippen LogP contribution is 2.28. The Hall–Kier alpha value is -3.43. The zero-order chi connectivity index (χ0) is 28.9. The molecular formula is C30H33ClFN3O4S. The number of rotatable bonds is 10. The summed E-state index contributed by atoms with van der Waals surface area (Å²) in [6.45, 7) is 2.53. The van der Waals surface area contributed by atoms with Crippen LogP contribution in [0.3, 0.4) is 0 Å². The van der Waals surface area contributed by atoms with Crippen LogP contribution in [0.1, 0.15) is 43.7 Å². The van der Waals surface area contributed by atoms with Gasteiger partial charge in [-0.1, -0.05) is 60.8 Å². The van der Waals surface area contributed by atoms with E-state index in [1.54, 1.807) is 56.3 Å². The zero-order valence-electron chi connectivity index (χ0n) is 22.5. The minimum absolute atomic E-state index is 0.0223. The molecule has 3 aromatic carbocycles. The molecule has 0 saturated heterocycles. The average Bonchev–Trinajstić information content (AvgIpc) is 3.44. The smallest absolute Gasteiger partial charge is 0.264 e. The lowest BCUT2D eigenvalue weighted by Crippen LogP contribution is -2.52. The van der Waals surface area contributed by atoms with Gasteiger partial charge in [-0.3, -0.25) is 13.9 Å². The number of halogens is 2. The van der Waals surface area contributed by atoms with E-state index >= 15 is 0 Å². The van der Waals surface area contributed by atoms with Gasteiger partial charge < -0.3 is 10.2 Å². The van der Waals surface area contributed by atoms with E-state index in [9.17, 15) is 22.4 Å². The van der Waals surface area contributed by atoms with Crippen molar-refractivity contribution in [3.63, 3.8) is 0 Å². The van der Waals surface area contributed by atoms with Gasteiger partial charge >= 0.3 is 0 Å². The van der Waals surface area contributed by atoms with E-state index in [4.69, 9.17) is 11.6 Å². The van der Waals surface area contributed by atoms with Crippen molar-refractivity contribution in [3.05, 3.63) is 94.8 Å². The molecule has 0 radical (unpaired) electrons. The second-order valence-electron chi connectivity index (χ2n) is 10.0. The van der Waals surface area contributed by atoms with E-state index in [0.717, 1.165) is 30.0 Å². The molecule has 1 aliphatic rings. The molecular weight excluding hydrogens is 553 g/mol. The van der Waals surface area contributed by atoms with E-state index < -0.39 is 34.3 Å². The van der Waals surface area contributed by atoms with Gasteiger partial charge in [-0.25, -0.2) is 12.8 Å². The van der Waals surface area contributed by atoms with Crippen molar-refractivity contribution >= 4 is 39.1 Å². The Labute approximate surface area is 240 Å². The molecule has 0 spiro atoms. The van der Waals surface area contributed by atoms with E-state index in [1.165, 1.54) is 35.2 Å². The molecule has 1 atom stereocenters. The maximum atomic E-state index is 14.7. The third-order valence-electron chi connectivity index (χ3n) is 7.23. The first-order valence-corrected chi connectivity index (χ1v) is 15.1. The van der Waals surface area contributed by atoms with Gasteiger partial charge in [0.05, 0.1) is 10.6 Å². The van der Waals surface area contributed by atoms with E-state index in [-0.39, 0.29) is 29.0 Å². The Morgan fingerprint density at radius 3 is 2.27 bits per heavy atom. The number of benzene rings is 3. The van der Waals surface area contributed by atoms with Gasteiger partial charge in [0, 0.05) is 23.2 Å². The van der Waals surface area contributed by atoms with Gasteiger partial charge in [0.1, 0.15) is 18.4 Å². The van der Waals surface area contributed by atoms with Crippen LogP contribution in [0, 0.1) is 12.7 Å². The molecule has 1 N–H and O–H groups in total. The Kier molecular flexibility index (Phi) is 9.48. The molecule has 1 fully saturated rings. The molecule has 3 aromatic rings. The number of para-hydroxylation sites is 1. The van der Waals surface area contributed by atoms with Crippen molar-refractivity contribution in [3.8, 4) is 0 Å². The van der Waals surface area contributed by atoms with Crippen LogP contribution in [0.4, 0.5) is 10.1 Å². The number of hydrogen-bond acceptors (Lipinski definition) is 4. The Balaban J connectivity index is 1.70. The summed E-state index contributed by atoms with van der Waals surface area (Å²) < 4.78 is 43.5. The third-order valence-corrected chi connectivity index (χ3v) is 9.26. The van der Waals surface area contributed by atoms with E-state index in [1.807, 2.05) is 0 Å². The maximum absolute atomic E-state index is 14.7. The SMILES string of the molecule is Cc1ccccc1N(CC(=O)N(Cc1ccccc1F)C(C)C(=O)NC1CCCC1)S(=O)(=O)c1ccc(Cl)cc1. The quantitative estimate of drug-likeness (QED) is 0.342. The standard InChI is InChI=1S/C30H33ClFN3O4S/c1-21-9-3-8-14-28(21)35(40(38,39)26-17-15-24(31)16-18-26)20-29(36)34(19-23-10-4-7-13-27(23)32)22(2)30(37)33-25-11-5-6-12-25/h3-4,7-10,13-18,22,25H,5-6,11-12,19-20H2,1-2H3,(H,33,37). The molecule has 1 saturated carbocycles. The first-order valence-electron chi connectivity index (χ1n) is 13.2. The molecule has 2 amide bonds. The van der Waals surface area contributed by atoms with Crippen molar-refractivity contribution in [2.45, 2.75) is 63.1 Å². The lowest BCUT2D eigenvalue weighted by atomic mass is 10.1. The number of nitrogens with zero attached hydrogens (tertiary/aromatic N) is 2. The first-order chi connectivity index (χ1) is 19.1. The van der Waals surface area contributed by atoms with Crippen LogP contribution in [0.15, 0.2) is 77.7 Å². The second-order valence-corrected chi connectivity index (χ2v) is 12.3. The number of sulfonamides is 1. The van der Waals surface area contributed by atoms with Crippen molar-refractivity contribution in [2.75, 3.05) is 10.8 Å². The predicted molar refractivity (Wildman–Crippen MR) is 154 cm³/mol. The van der Waals surface area contributed by atoms with Gasteiger partial charge in [-0.05, 0) is 68.7 Å². The van der Waals surface area contributed by atoms with E-state index in [0.29, 0.717) is 16.3 Å². The van der Waals surface area contributed by atoms with Crippen LogP contribution in [0.25, 0.3) is 0 Å². The molecule has 0 heterocycles. The summed E-state index contributed by atoms with van der Waals surface area (Å²) in [7, 11) is -4.22. The summed E-state index contributed by atoms with van der Waals surface area (Å²) in [4.78, 5) is 28.4. The number of aryl methyl sites for hydroxylation is 1. The molecule has 212 valence electrons. The van der Waals surface area contributed by atoms with Crippen molar-refractivity contribution in [1.82, 2.24) is 10.2 Å². The van der Waals surface area contributed by atoms with Crippen molar-refractivity contribution in [2.24, 2.45) is 0 Å². The fourth-order valence-corrected chi connectivity index (χ4v) is 6.48. The van der Waals surface area contributed by atoms with Gasteiger partial charge in [0.15, 0.2) is 0 Å². The highest BCUT2D eigenvalue weighted by molar-refractivity contribution is 7.92. The topological polar surface area (TPSA) is 86.8 Å². The molecule has 1 aliphatic carbocycles. The number of amides is 2. The molecule has 1 unspecified atom stereocenters. The van der Waals surface area contributed by atoms with Gasteiger partial charge in [0.25, 0.3) is 10.0 Å². The predicted octanol–water partition coefficient (Wildman–Crippen LogP) is 5.46. The molecule has 40 heavy (non-hydrogen) atoms. The molecule has 0 aliphatic heterocycles. The number of hydrogen-bond donors (Lipinski definition) is 1. The largest absolute Gasteiger partial charge is 0.352 e. The molecule has 10 heteroatoms. The second kappa shape index (κ2) is 12.8. The number of carbonyl (C=O) groups is 2. The summed E-state index contributed by atoms with van der Waals surface area (Å²) in [5.41, 5.74) is 1.18.